The summed E-state index contributed by atoms with van der Waals surface area (Å²) in [5.41, 5.74) is 0. The van der Waals surface area contributed by atoms with Crippen LogP contribution in [0.2, 0.25) is 0 Å². The fourth-order valence-electron chi connectivity index (χ4n) is 1.20. The molecule has 2 atom stereocenters. The maximum Gasteiger partial charge on any atom is 0.216 e. The van der Waals surface area contributed by atoms with Crippen LogP contribution in [0.3, 0.4) is 0 Å². The monoisotopic (exact) mass is 267 g/mol. The van der Waals surface area contributed by atoms with Gasteiger partial charge in [-0.15, -0.1) is 0 Å². The Morgan fingerprint density at radius 3 is 2.00 bits per heavy atom. The van der Waals surface area contributed by atoms with E-state index in [1.807, 2.05) is 13.8 Å². The minimum Gasteiger partial charge on any atom is -0.394 e. The van der Waals surface area contributed by atoms with Crippen LogP contribution in [0.1, 0.15) is 41.0 Å². The van der Waals surface area contributed by atoms with E-state index in [0.29, 0.717) is 0 Å². The summed E-state index contributed by atoms with van der Waals surface area (Å²) in [4.78, 5) is 0. The zero-order chi connectivity index (χ0) is 13.9. The van der Waals surface area contributed by atoms with Crippen LogP contribution in [-0.4, -0.2) is 42.1 Å². The second-order valence-electron chi connectivity index (χ2n) is 5.66. The second-order valence-corrected chi connectivity index (χ2v) is 8.12. The molecule has 6 heteroatoms. The number of aliphatic hydroxyl groups is 2. The summed E-state index contributed by atoms with van der Waals surface area (Å²) in [7, 11) is -3.44. The van der Waals surface area contributed by atoms with Crippen molar-refractivity contribution in [3.63, 3.8) is 0 Å². The Kier molecular flexibility index (Phi) is 6.07. The quantitative estimate of drug-likeness (QED) is 0.653. The maximum absolute atomic E-state index is 12.0. The molecule has 3 N–H and O–H groups in total. The number of aliphatic hydroxyl groups excluding tert-OH is 2. The predicted octanol–water partition coefficient (Wildman–Crippen LogP) is 0.472. The van der Waals surface area contributed by atoms with Crippen molar-refractivity contribution in [3.05, 3.63) is 0 Å². The van der Waals surface area contributed by atoms with Crippen molar-refractivity contribution in [2.24, 2.45) is 5.92 Å². The highest BCUT2D eigenvalue weighted by Gasteiger charge is 2.32. The average molecular weight is 267 g/mol. The van der Waals surface area contributed by atoms with Gasteiger partial charge in [-0.05, 0) is 33.1 Å². The number of sulfonamides is 1. The molecule has 0 aromatic carbocycles. The fraction of sp³-hybridized carbons (Fsp3) is 1.00. The second kappa shape index (κ2) is 6.13. The molecule has 5 nitrogen and oxygen atoms in total. The Hall–Kier alpha value is -0.170. The first-order valence-corrected chi connectivity index (χ1v) is 7.30. The molecule has 0 unspecified atom stereocenters. The van der Waals surface area contributed by atoms with Crippen molar-refractivity contribution >= 4 is 10.0 Å². The molecule has 0 saturated carbocycles. The van der Waals surface area contributed by atoms with E-state index in [0.717, 1.165) is 0 Å². The van der Waals surface area contributed by atoms with Crippen LogP contribution in [-0.2, 0) is 10.0 Å². The van der Waals surface area contributed by atoms with E-state index in [1.165, 1.54) is 0 Å². The third-order valence-corrected chi connectivity index (χ3v) is 4.88. The Bertz CT molecular complexity index is 319. The lowest BCUT2D eigenvalue weighted by Gasteiger charge is -2.28. The van der Waals surface area contributed by atoms with Crippen molar-refractivity contribution in [3.8, 4) is 0 Å². The zero-order valence-corrected chi connectivity index (χ0v) is 12.1. The SMILES string of the molecule is CC(C)[C@@H](C[C@@H](O)CO)NS(=O)(=O)C(C)(C)C. The number of rotatable bonds is 6. The minimum atomic E-state index is -3.44. The molecule has 0 saturated heterocycles. The molecule has 0 aliphatic heterocycles. The summed E-state index contributed by atoms with van der Waals surface area (Å²) in [6.07, 6.45) is -0.686. The van der Waals surface area contributed by atoms with Crippen molar-refractivity contribution < 1.29 is 18.6 Å². The topological polar surface area (TPSA) is 86.6 Å². The standard InChI is InChI=1S/C11H25NO4S/c1-8(2)10(6-9(14)7-13)12-17(15,16)11(3,4)5/h8-10,12-14H,6-7H2,1-5H3/t9-,10-/m1/s1. The third-order valence-electron chi connectivity index (χ3n) is 2.65. The van der Waals surface area contributed by atoms with Gasteiger partial charge in [0.1, 0.15) is 0 Å². The molecule has 0 aromatic heterocycles. The Morgan fingerprint density at radius 1 is 1.24 bits per heavy atom. The molecule has 0 aliphatic carbocycles. The zero-order valence-electron chi connectivity index (χ0n) is 11.3. The minimum absolute atomic E-state index is 0.0494. The first kappa shape index (κ1) is 16.8. The summed E-state index contributed by atoms with van der Waals surface area (Å²) in [5, 5.41) is 18.2. The molecule has 0 bridgehead atoms. The van der Waals surface area contributed by atoms with Crippen LogP contribution in [0.5, 0.6) is 0 Å². The summed E-state index contributed by atoms with van der Waals surface area (Å²) < 4.78 is 25.7. The van der Waals surface area contributed by atoms with E-state index >= 15 is 0 Å². The number of hydrogen-bond donors (Lipinski definition) is 3. The van der Waals surface area contributed by atoms with Crippen LogP contribution in [0.25, 0.3) is 0 Å². The molecule has 0 fully saturated rings. The predicted molar refractivity (Wildman–Crippen MR) is 68.1 cm³/mol. The molecule has 0 amide bonds. The Balaban J connectivity index is 4.79. The lowest BCUT2D eigenvalue weighted by atomic mass is 9.99. The van der Waals surface area contributed by atoms with E-state index in [1.54, 1.807) is 20.8 Å². The van der Waals surface area contributed by atoms with Crippen LogP contribution in [0, 0.1) is 5.92 Å². The van der Waals surface area contributed by atoms with Gasteiger partial charge in [0.15, 0.2) is 0 Å². The summed E-state index contributed by atoms with van der Waals surface area (Å²) in [6, 6.07) is -0.374. The number of hydrogen-bond acceptors (Lipinski definition) is 4. The third kappa shape index (κ3) is 5.33. The first-order valence-electron chi connectivity index (χ1n) is 5.82. The lowest BCUT2D eigenvalue weighted by molar-refractivity contribution is 0.0766. The van der Waals surface area contributed by atoms with Gasteiger partial charge < -0.3 is 10.2 Å². The summed E-state index contributed by atoms with van der Waals surface area (Å²) in [5.74, 6) is 0.0494. The van der Waals surface area contributed by atoms with Gasteiger partial charge in [-0.3, -0.25) is 0 Å². The van der Waals surface area contributed by atoms with E-state index in [2.05, 4.69) is 4.72 Å². The van der Waals surface area contributed by atoms with Gasteiger partial charge in [-0.2, -0.15) is 0 Å². The van der Waals surface area contributed by atoms with E-state index in [9.17, 15) is 13.5 Å². The van der Waals surface area contributed by atoms with Crippen molar-refractivity contribution in [2.75, 3.05) is 6.61 Å². The smallest absolute Gasteiger partial charge is 0.216 e. The van der Waals surface area contributed by atoms with Crippen molar-refractivity contribution in [2.45, 2.75) is 57.9 Å². The molecule has 0 spiro atoms. The molecule has 0 radical (unpaired) electrons. The molecular weight excluding hydrogens is 242 g/mol. The van der Waals surface area contributed by atoms with Crippen molar-refractivity contribution in [1.82, 2.24) is 4.72 Å². The normalized spacial score (nSPS) is 17.2. The van der Waals surface area contributed by atoms with E-state index < -0.39 is 20.9 Å². The van der Waals surface area contributed by atoms with Gasteiger partial charge in [-0.1, -0.05) is 13.8 Å². The maximum atomic E-state index is 12.0. The van der Waals surface area contributed by atoms with Crippen LogP contribution < -0.4 is 4.72 Å². The molecule has 104 valence electrons. The highest BCUT2D eigenvalue weighted by Crippen LogP contribution is 2.17. The molecule has 17 heavy (non-hydrogen) atoms. The summed E-state index contributed by atoms with van der Waals surface area (Å²) >= 11 is 0. The molecule has 0 aliphatic rings. The largest absolute Gasteiger partial charge is 0.394 e. The average Bonchev–Trinajstić information content (AvgIpc) is 2.14. The molecule has 0 rings (SSSR count). The Labute approximate surface area is 104 Å². The highest BCUT2D eigenvalue weighted by molar-refractivity contribution is 7.90. The van der Waals surface area contributed by atoms with E-state index in [4.69, 9.17) is 5.11 Å². The number of nitrogens with one attached hydrogen (secondary N) is 1. The van der Waals surface area contributed by atoms with Gasteiger partial charge in [0.2, 0.25) is 10.0 Å². The Morgan fingerprint density at radius 2 is 1.71 bits per heavy atom. The van der Waals surface area contributed by atoms with Gasteiger partial charge in [-0.25, -0.2) is 13.1 Å². The van der Waals surface area contributed by atoms with Crippen LogP contribution >= 0.6 is 0 Å². The fourth-order valence-corrected chi connectivity index (χ4v) is 2.32. The van der Waals surface area contributed by atoms with Crippen LogP contribution in [0.15, 0.2) is 0 Å². The lowest BCUT2D eigenvalue weighted by Crippen LogP contribution is -2.48. The molecular formula is C11H25NO4S. The summed E-state index contributed by atoms with van der Waals surface area (Å²) in [6.45, 7) is 8.25. The van der Waals surface area contributed by atoms with Gasteiger partial charge in [0, 0.05) is 6.04 Å². The molecule has 0 heterocycles. The first-order chi connectivity index (χ1) is 7.51. The van der Waals surface area contributed by atoms with E-state index in [-0.39, 0.29) is 25.0 Å². The van der Waals surface area contributed by atoms with Crippen molar-refractivity contribution in [1.29, 1.82) is 0 Å². The van der Waals surface area contributed by atoms with Gasteiger partial charge >= 0.3 is 0 Å². The highest BCUT2D eigenvalue weighted by atomic mass is 32.2. The van der Waals surface area contributed by atoms with Gasteiger partial charge in [0.05, 0.1) is 17.5 Å². The van der Waals surface area contributed by atoms with Gasteiger partial charge in [0.25, 0.3) is 0 Å². The van der Waals surface area contributed by atoms with Crippen LogP contribution in [0.4, 0.5) is 0 Å². The molecule has 0 aromatic rings.